The predicted molar refractivity (Wildman–Crippen MR) is 62.4 cm³/mol. The number of hydrogen-bond donors (Lipinski definition) is 0. The van der Waals surface area contributed by atoms with Gasteiger partial charge < -0.3 is 0 Å². The van der Waals surface area contributed by atoms with Gasteiger partial charge in [-0.05, 0) is 17.7 Å². The van der Waals surface area contributed by atoms with Crippen LogP contribution in [0.15, 0.2) is 28.7 Å². The maximum absolute atomic E-state index is 10.8. The van der Waals surface area contributed by atoms with E-state index >= 15 is 0 Å². The van der Waals surface area contributed by atoms with E-state index in [2.05, 4.69) is 15.9 Å². The van der Waals surface area contributed by atoms with Crippen LogP contribution in [-0.4, -0.2) is 14.2 Å². The Balaban J connectivity index is 2.80. The minimum absolute atomic E-state index is 0.266. The first-order valence-electron chi connectivity index (χ1n) is 3.70. The van der Waals surface area contributed by atoms with E-state index in [9.17, 15) is 8.42 Å². The summed E-state index contributed by atoms with van der Waals surface area (Å²) in [4.78, 5) is 0. The lowest BCUT2D eigenvalue weighted by Crippen LogP contribution is -2.04. The summed E-state index contributed by atoms with van der Waals surface area (Å²) in [5, 5.41) is -0.606. The van der Waals surface area contributed by atoms with Gasteiger partial charge in [-0.3, -0.25) is 0 Å². The molecular formula is C8H7BrCl2O2S. The molecule has 1 unspecified atom stereocenters. The largest absolute Gasteiger partial charge is 0.234 e. The summed E-state index contributed by atoms with van der Waals surface area (Å²) in [6, 6.07) is 7.10. The third-order valence-electron chi connectivity index (χ3n) is 1.58. The van der Waals surface area contributed by atoms with Crippen molar-refractivity contribution < 1.29 is 8.42 Å². The van der Waals surface area contributed by atoms with Gasteiger partial charge in [-0.25, -0.2) is 8.42 Å². The highest BCUT2D eigenvalue weighted by molar-refractivity contribution is 9.10. The lowest BCUT2D eigenvalue weighted by Gasteiger charge is -2.06. The van der Waals surface area contributed by atoms with Gasteiger partial charge in [0.15, 0.2) is 0 Å². The fraction of sp³-hybridized carbons (Fsp3) is 0.250. The molecule has 14 heavy (non-hydrogen) atoms. The molecule has 1 aromatic rings. The van der Waals surface area contributed by atoms with Crippen molar-refractivity contribution in [3.63, 3.8) is 0 Å². The molecular weight excluding hydrogens is 311 g/mol. The summed E-state index contributed by atoms with van der Waals surface area (Å²) < 4.78 is 22.4. The van der Waals surface area contributed by atoms with Gasteiger partial charge in [-0.2, -0.15) is 0 Å². The van der Waals surface area contributed by atoms with Crippen molar-refractivity contribution >= 4 is 47.3 Å². The summed E-state index contributed by atoms with van der Waals surface area (Å²) in [5.74, 6) is -0.266. The van der Waals surface area contributed by atoms with Crippen LogP contribution in [0.3, 0.4) is 0 Å². The standard InChI is InChI=1S/C8H7BrCl2O2S/c9-7-3-1-6(2-4-7)8(10)5-14(11,12)13/h1-4,8H,5H2. The molecule has 0 spiro atoms. The van der Waals surface area contributed by atoms with Crippen LogP contribution in [0.25, 0.3) is 0 Å². The van der Waals surface area contributed by atoms with E-state index < -0.39 is 14.4 Å². The Morgan fingerprint density at radius 3 is 2.21 bits per heavy atom. The smallest absolute Gasteiger partial charge is 0.212 e. The average Bonchev–Trinajstić information content (AvgIpc) is 2.02. The highest BCUT2D eigenvalue weighted by atomic mass is 79.9. The van der Waals surface area contributed by atoms with Crippen molar-refractivity contribution in [2.24, 2.45) is 0 Å². The fourth-order valence-corrected chi connectivity index (χ4v) is 2.96. The van der Waals surface area contributed by atoms with Crippen molar-refractivity contribution in [1.82, 2.24) is 0 Å². The quantitative estimate of drug-likeness (QED) is 0.633. The Morgan fingerprint density at radius 1 is 1.29 bits per heavy atom. The SMILES string of the molecule is O=S(=O)(Cl)CC(Cl)c1ccc(Br)cc1. The molecule has 78 valence electrons. The van der Waals surface area contributed by atoms with Crippen LogP contribution in [-0.2, 0) is 9.05 Å². The van der Waals surface area contributed by atoms with Crippen molar-refractivity contribution in [1.29, 1.82) is 0 Å². The molecule has 0 saturated heterocycles. The third kappa shape index (κ3) is 4.17. The molecule has 0 N–H and O–H groups in total. The van der Waals surface area contributed by atoms with Crippen LogP contribution >= 0.6 is 38.2 Å². The Kier molecular flexibility index (Phi) is 4.25. The summed E-state index contributed by atoms with van der Waals surface area (Å²) in [6.45, 7) is 0. The summed E-state index contributed by atoms with van der Waals surface area (Å²) in [5.41, 5.74) is 0.735. The summed E-state index contributed by atoms with van der Waals surface area (Å²) in [6.07, 6.45) is 0. The van der Waals surface area contributed by atoms with Gasteiger partial charge in [0.05, 0.1) is 11.1 Å². The van der Waals surface area contributed by atoms with Gasteiger partial charge >= 0.3 is 0 Å². The molecule has 0 fully saturated rings. The monoisotopic (exact) mass is 316 g/mol. The first-order valence-corrected chi connectivity index (χ1v) is 7.41. The van der Waals surface area contributed by atoms with E-state index in [0.29, 0.717) is 0 Å². The maximum Gasteiger partial charge on any atom is 0.234 e. The number of rotatable bonds is 3. The molecule has 1 atom stereocenters. The molecule has 1 aromatic carbocycles. The van der Waals surface area contributed by atoms with Gasteiger partial charge in [0.1, 0.15) is 0 Å². The van der Waals surface area contributed by atoms with Crippen molar-refractivity contribution in [2.45, 2.75) is 5.38 Å². The Labute approximate surface area is 101 Å². The molecule has 0 aliphatic heterocycles. The van der Waals surface area contributed by atoms with Crippen LogP contribution < -0.4 is 0 Å². The normalized spacial score (nSPS) is 13.9. The van der Waals surface area contributed by atoms with E-state index in [1.54, 1.807) is 24.3 Å². The lowest BCUT2D eigenvalue weighted by atomic mass is 10.2. The molecule has 2 nitrogen and oxygen atoms in total. The van der Waals surface area contributed by atoms with Crippen LogP contribution in [0.1, 0.15) is 10.9 Å². The van der Waals surface area contributed by atoms with E-state index in [4.69, 9.17) is 22.3 Å². The number of hydrogen-bond acceptors (Lipinski definition) is 2. The van der Waals surface area contributed by atoms with E-state index in [1.807, 2.05) is 0 Å². The summed E-state index contributed by atoms with van der Waals surface area (Å²) in [7, 11) is 1.53. The minimum Gasteiger partial charge on any atom is -0.212 e. The fourth-order valence-electron chi connectivity index (χ4n) is 0.943. The molecule has 0 aromatic heterocycles. The average molecular weight is 318 g/mol. The van der Waals surface area contributed by atoms with Gasteiger partial charge in [0.2, 0.25) is 9.05 Å². The number of halogens is 3. The zero-order valence-electron chi connectivity index (χ0n) is 6.95. The van der Waals surface area contributed by atoms with Crippen LogP contribution in [0.2, 0.25) is 0 Å². The second kappa shape index (κ2) is 4.84. The first-order chi connectivity index (χ1) is 6.38. The molecule has 0 radical (unpaired) electrons. The van der Waals surface area contributed by atoms with E-state index in [-0.39, 0.29) is 5.75 Å². The minimum atomic E-state index is -3.55. The molecule has 0 saturated carbocycles. The van der Waals surface area contributed by atoms with E-state index in [1.165, 1.54) is 0 Å². The molecule has 1 rings (SSSR count). The van der Waals surface area contributed by atoms with E-state index in [0.717, 1.165) is 10.0 Å². The first kappa shape index (κ1) is 12.3. The molecule has 0 amide bonds. The molecule has 0 aliphatic rings. The molecule has 0 heterocycles. The highest BCUT2D eigenvalue weighted by Crippen LogP contribution is 2.24. The zero-order valence-corrected chi connectivity index (χ0v) is 10.9. The second-order valence-electron chi connectivity index (χ2n) is 2.72. The van der Waals surface area contributed by atoms with Crippen LogP contribution in [0.4, 0.5) is 0 Å². The van der Waals surface area contributed by atoms with Gasteiger partial charge in [0, 0.05) is 15.2 Å². The molecule has 0 bridgehead atoms. The van der Waals surface area contributed by atoms with Crippen LogP contribution in [0.5, 0.6) is 0 Å². The Hall–Kier alpha value is 0.230. The van der Waals surface area contributed by atoms with Crippen molar-refractivity contribution in [3.05, 3.63) is 34.3 Å². The maximum atomic E-state index is 10.8. The number of alkyl halides is 1. The van der Waals surface area contributed by atoms with Gasteiger partial charge in [-0.15, -0.1) is 11.6 Å². The second-order valence-corrected chi connectivity index (χ2v) is 6.99. The third-order valence-corrected chi connectivity index (χ3v) is 3.80. The van der Waals surface area contributed by atoms with Crippen molar-refractivity contribution in [3.8, 4) is 0 Å². The van der Waals surface area contributed by atoms with Crippen LogP contribution in [0, 0.1) is 0 Å². The lowest BCUT2D eigenvalue weighted by molar-refractivity contribution is 0.608. The zero-order chi connectivity index (χ0) is 10.8. The topological polar surface area (TPSA) is 34.1 Å². The number of benzene rings is 1. The Bertz CT molecular complexity index is 402. The molecule has 0 aliphatic carbocycles. The predicted octanol–water partition coefficient (Wildman–Crippen LogP) is 3.30. The van der Waals surface area contributed by atoms with Crippen molar-refractivity contribution in [2.75, 3.05) is 5.75 Å². The molecule has 6 heteroatoms. The van der Waals surface area contributed by atoms with Gasteiger partial charge in [0.25, 0.3) is 0 Å². The Morgan fingerprint density at radius 2 is 1.79 bits per heavy atom. The summed E-state index contributed by atoms with van der Waals surface area (Å²) >= 11 is 9.13. The van der Waals surface area contributed by atoms with Gasteiger partial charge in [-0.1, -0.05) is 28.1 Å². The highest BCUT2D eigenvalue weighted by Gasteiger charge is 2.16.